The first-order chi connectivity index (χ1) is 18.4. The van der Waals surface area contributed by atoms with Crippen LogP contribution in [-0.2, 0) is 11.4 Å². The lowest BCUT2D eigenvalue weighted by atomic mass is 10.1. The zero-order chi connectivity index (χ0) is 26.6. The van der Waals surface area contributed by atoms with Crippen molar-refractivity contribution >= 4 is 51.9 Å². The van der Waals surface area contributed by atoms with Crippen molar-refractivity contribution in [1.82, 2.24) is 14.7 Å². The number of halogens is 1. The summed E-state index contributed by atoms with van der Waals surface area (Å²) in [6.45, 7) is 5.14. The standard InChI is InChI=1S/C30H26ClN3O2S2/c1-20(2)17-33-29(35)27(38-30(33)37)16-23-18-34(24-9-4-3-5-10-24)32-28(23)21-12-14-25(15-13-21)36-19-22-8-6-7-11-26(22)31/h3-16,18,20H,17,19H2,1-2H3/b27-16-. The second-order valence-electron chi connectivity index (χ2n) is 9.30. The number of para-hydroxylation sites is 1. The molecule has 8 heteroatoms. The Morgan fingerprint density at radius 2 is 1.74 bits per heavy atom. The van der Waals surface area contributed by atoms with Crippen LogP contribution in [0.3, 0.4) is 0 Å². The third-order valence-electron chi connectivity index (χ3n) is 5.95. The van der Waals surface area contributed by atoms with E-state index in [1.807, 2.05) is 95.8 Å². The topological polar surface area (TPSA) is 47.4 Å². The van der Waals surface area contributed by atoms with E-state index in [9.17, 15) is 4.79 Å². The molecule has 1 aromatic heterocycles. The molecule has 5 rings (SSSR count). The van der Waals surface area contributed by atoms with Crippen molar-refractivity contribution < 1.29 is 9.53 Å². The monoisotopic (exact) mass is 559 g/mol. The van der Waals surface area contributed by atoms with Crippen LogP contribution in [0.1, 0.15) is 25.0 Å². The van der Waals surface area contributed by atoms with Gasteiger partial charge in [0, 0.05) is 34.5 Å². The fraction of sp³-hybridized carbons (Fsp3) is 0.167. The molecule has 5 nitrogen and oxygen atoms in total. The minimum Gasteiger partial charge on any atom is -0.489 e. The summed E-state index contributed by atoms with van der Waals surface area (Å²) in [5.41, 5.74) is 4.37. The van der Waals surface area contributed by atoms with E-state index < -0.39 is 0 Å². The normalized spacial score (nSPS) is 14.6. The molecule has 0 bridgehead atoms. The largest absolute Gasteiger partial charge is 0.489 e. The minimum atomic E-state index is -0.0598. The summed E-state index contributed by atoms with van der Waals surface area (Å²) in [6.07, 6.45) is 3.84. The molecule has 1 saturated heterocycles. The number of amides is 1. The van der Waals surface area contributed by atoms with Crippen molar-refractivity contribution in [1.29, 1.82) is 0 Å². The van der Waals surface area contributed by atoms with Crippen molar-refractivity contribution in [3.8, 4) is 22.7 Å². The average Bonchev–Trinajstić information content (AvgIpc) is 3.45. The van der Waals surface area contributed by atoms with Gasteiger partial charge in [-0.1, -0.05) is 85.8 Å². The van der Waals surface area contributed by atoms with Crippen LogP contribution in [0.25, 0.3) is 23.0 Å². The van der Waals surface area contributed by atoms with E-state index in [0.717, 1.165) is 33.8 Å². The summed E-state index contributed by atoms with van der Waals surface area (Å²) in [6, 6.07) is 25.3. The summed E-state index contributed by atoms with van der Waals surface area (Å²) in [7, 11) is 0. The number of rotatable bonds is 8. The molecule has 0 N–H and O–H groups in total. The van der Waals surface area contributed by atoms with Crippen LogP contribution in [0.5, 0.6) is 5.75 Å². The summed E-state index contributed by atoms with van der Waals surface area (Å²) < 4.78 is 8.38. The average molecular weight is 560 g/mol. The highest BCUT2D eigenvalue weighted by Gasteiger charge is 2.32. The Balaban J connectivity index is 1.45. The maximum Gasteiger partial charge on any atom is 0.266 e. The van der Waals surface area contributed by atoms with E-state index in [1.165, 1.54) is 11.8 Å². The molecule has 0 unspecified atom stereocenters. The molecule has 0 aliphatic carbocycles. The van der Waals surface area contributed by atoms with Gasteiger partial charge in [-0.25, -0.2) is 4.68 Å². The Hall–Kier alpha value is -3.39. The Morgan fingerprint density at radius 1 is 1.03 bits per heavy atom. The molecule has 0 atom stereocenters. The first-order valence-electron chi connectivity index (χ1n) is 12.3. The number of benzene rings is 3. The Bertz CT molecular complexity index is 1500. The van der Waals surface area contributed by atoms with Crippen LogP contribution in [0.4, 0.5) is 0 Å². The highest BCUT2D eigenvalue weighted by Crippen LogP contribution is 2.35. The summed E-state index contributed by atoms with van der Waals surface area (Å²) in [5.74, 6) is 0.995. The lowest BCUT2D eigenvalue weighted by Crippen LogP contribution is -2.31. The van der Waals surface area contributed by atoms with Gasteiger partial charge in [-0.2, -0.15) is 5.10 Å². The molecule has 2 heterocycles. The Morgan fingerprint density at radius 3 is 2.45 bits per heavy atom. The summed E-state index contributed by atoms with van der Waals surface area (Å²) >= 11 is 13.1. The van der Waals surface area contributed by atoms with Crippen LogP contribution in [0.15, 0.2) is 90.0 Å². The molecule has 1 aliphatic rings. The quantitative estimate of drug-likeness (QED) is 0.164. The zero-order valence-electron chi connectivity index (χ0n) is 21.0. The fourth-order valence-electron chi connectivity index (χ4n) is 4.08. The van der Waals surface area contributed by atoms with Crippen molar-refractivity contribution in [2.75, 3.05) is 6.54 Å². The minimum absolute atomic E-state index is 0.0598. The number of hydrogen-bond donors (Lipinski definition) is 0. The van der Waals surface area contributed by atoms with Gasteiger partial charge in [0.25, 0.3) is 5.91 Å². The van der Waals surface area contributed by atoms with Gasteiger partial charge in [-0.15, -0.1) is 0 Å². The fourth-order valence-corrected chi connectivity index (χ4v) is 5.54. The van der Waals surface area contributed by atoms with Gasteiger partial charge >= 0.3 is 0 Å². The smallest absolute Gasteiger partial charge is 0.266 e. The molecule has 0 spiro atoms. The Labute approximate surface area is 237 Å². The lowest BCUT2D eigenvalue weighted by Gasteiger charge is -2.16. The molecule has 3 aromatic carbocycles. The van der Waals surface area contributed by atoms with E-state index in [0.29, 0.717) is 33.3 Å². The van der Waals surface area contributed by atoms with Gasteiger partial charge < -0.3 is 4.74 Å². The van der Waals surface area contributed by atoms with E-state index in [4.69, 9.17) is 33.7 Å². The summed E-state index contributed by atoms with van der Waals surface area (Å²) in [4.78, 5) is 15.4. The molecule has 192 valence electrons. The van der Waals surface area contributed by atoms with Crippen LogP contribution >= 0.6 is 35.6 Å². The predicted molar refractivity (Wildman–Crippen MR) is 160 cm³/mol. The number of carbonyl (C=O) groups is 1. The van der Waals surface area contributed by atoms with Crippen molar-refractivity contribution in [3.05, 3.63) is 106 Å². The third-order valence-corrected chi connectivity index (χ3v) is 7.70. The second-order valence-corrected chi connectivity index (χ2v) is 11.4. The number of carbonyl (C=O) groups excluding carboxylic acids is 1. The van der Waals surface area contributed by atoms with Crippen molar-refractivity contribution in [3.63, 3.8) is 0 Å². The third kappa shape index (κ3) is 5.85. The zero-order valence-corrected chi connectivity index (χ0v) is 23.4. The van der Waals surface area contributed by atoms with Gasteiger partial charge in [0.1, 0.15) is 16.7 Å². The van der Waals surface area contributed by atoms with Crippen molar-refractivity contribution in [2.45, 2.75) is 20.5 Å². The highest BCUT2D eigenvalue weighted by molar-refractivity contribution is 8.26. The molecular weight excluding hydrogens is 534 g/mol. The van der Waals surface area contributed by atoms with Gasteiger partial charge in [0.05, 0.1) is 16.3 Å². The maximum atomic E-state index is 13.1. The van der Waals surface area contributed by atoms with E-state index in [-0.39, 0.29) is 5.91 Å². The number of aromatic nitrogens is 2. The molecule has 38 heavy (non-hydrogen) atoms. The molecule has 0 radical (unpaired) electrons. The molecule has 1 fully saturated rings. The number of thiocarbonyl (C=S) groups is 1. The molecule has 4 aromatic rings. The first kappa shape index (κ1) is 26.2. The van der Waals surface area contributed by atoms with Crippen LogP contribution < -0.4 is 4.74 Å². The number of thioether (sulfide) groups is 1. The molecule has 1 amide bonds. The van der Waals surface area contributed by atoms with E-state index in [2.05, 4.69) is 13.8 Å². The molecule has 1 aliphatic heterocycles. The number of ether oxygens (including phenoxy) is 1. The predicted octanol–water partition coefficient (Wildman–Crippen LogP) is 7.63. The lowest BCUT2D eigenvalue weighted by molar-refractivity contribution is -0.122. The molecule has 0 saturated carbocycles. The van der Waals surface area contributed by atoms with Crippen molar-refractivity contribution in [2.24, 2.45) is 5.92 Å². The Kier molecular flexibility index (Phi) is 7.98. The van der Waals surface area contributed by atoms with Gasteiger partial charge in [0.2, 0.25) is 0 Å². The number of hydrogen-bond acceptors (Lipinski definition) is 5. The first-order valence-corrected chi connectivity index (χ1v) is 13.9. The van der Waals surface area contributed by atoms with Gasteiger partial charge in [-0.05, 0) is 54.5 Å². The second kappa shape index (κ2) is 11.6. The van der Waals surface area contributed by atoms with Gasteiger partial charge in [-0.3, -0.25) is 9.69 Å². The number of nitrogens with zero attached hydrogens (tertiary/aromatic N) is 3. The van der Waals surface area contributed by atoms with Crippen LogP contribution in [-0.4, -0.2) is 31.5 Å². The van der Waals surface area contributed by atoms with Crippen LogP contribution in [0, 0.1) is 5.92 Å². The van der Waals surface area contributed by atoms with E-state index >= 15 is 0 Å². The molecular formula is C30H26ClN3O2S2. The maximum absolute atomic E-state index is 13.1. The summed E-state index contributed by atoms with van der Waals surface area (Å²) in [5, 5.41) is 5.57. The van der Waals surface area contributed by atoms with E-state index in [1.54, 1.807) is 4.90 Å². The highest BCUT2D eigenvalue weighted by atomic mass is 35.5. The van der Waals surface area contributed by atoms with Crippen LogP contribution in [0.2, 0.25) is 5.02 Å². The SMILES string of the molecule is CC(C)CN1C(=O)/C(=C/c2cn(-c3ccccc3)nc2-c2ccc(OCc3ccccc3Cl)cc2)SC1=S. The van der Waals surface area contributed by atoms with Gasteiger partial charge in [0.15, 0.2) is 0 Å².